The molecule has 1 atom stereocenters. The fourth-order valence-electron chi connectivity index (χ4n) is 3.36. The lowest BCUT2D eigenvalue weighted by atomic mass is 10.1. The minimum absolute atomic E-state index is 0. The third-order valence-electron chi connectivity index (χ3n) is 4.78. The van der Waals surface area contributed by atoms with Crippen LogP contribution in [0.3, 0.4) is 0 Å². The molecule has 0 bridgehead atoms. The van der Waals surface area contributed by atoms with E-state index in [9.17, 15) is 4.79 Å². The Balaban J connectivity index is 0.00000676. The van der Waals surface area contributed by atoms with Crippen LogP contribution in [0.15, 0.2) is 0 Å². The molecule has 3 N–H and O–H groups in total. The van der Waals surface area contributed by atoms with Crippen LogP contribution in [0.25, 0.3) is 0 Å². The van der Waals surface area contributed by atoms with Crippen LogP contribution in [0.2, 0.25) is 0 Å². The molecule has 6 nitrogen and oxygen atoms in total. The van der Waals surface area contributed by atoms with Crippen LogP contribution < -0.4 is 5.32 Å². The molecule has 1 aliphatic heterocycles. The van der Waals surface area contributed by atoms with E-state index >= 15 is 0 Å². The standard InChI is InChI=1S/C21H42N2O3.H2O/c1-18(2)25-16-9-6-5-8-14-23-15-11-12-20(23)21(24)22-13-7-10-17-26-19(3)4;/h18-20H,5-17H2,1-4H3,(H,22,24);1H2. The van der Waals surface area contributed by atoms with Crippen molar-refractivity contribution in [2.75, 3.05) is 32.8 Å². The van der Waals surface area contributed by atoms with Gasteiger partial charge in [-0.05, 0) is 79.3 Å². The summed E-state index contributed by atoms with van der Waals surface area (Å²) in [6.07, 6.45) is 9.53. The monoisotopic (exact) mass is 388 g/mol. The Labute approximate surface area is 166 Å². The second-order valence-corrected chi connectivity index (χ2v) is 7.95. The Morgan fingerprint density at radius 1 is 0.963 bits per heavy atom. The second kappa shape index (κ2) is 16.3. The van der Waals surface area contributed by atoms with Gasteiger partial charge >= 0.3 is 0 Å². The fourth-order valence-corrected chi connectivity index (χ4v) is 3.36. The quantitative estimate of drug-likeness (QED) is 0.437. The molecular formula is C21H44N2O4. The van der Waals surface area contributed by atoms with E-state index in [1.807, 2.05) is 0 Å². The average molecular weight is 389 g/mol. The van der Waals surface area contributed by atoms with E-state index in [-0.39, 0.29) is 17.4 Å². The molecule has 1 unspecified atom stereocenters. The first-order valence-corrected chi connectivity index (χ1v) is 10.8. The summed E-state index contributed by atoms with van der Waals surface area (Å²) in [5.74, 6) is 0.220. The Morgan fingerprint density at radius 2 is 1.56 bits per heavy atom. The second-order valence-electron chi connectivity index (χ2n) is 7.95. The van der Waals surface area contributed by atoms with Gasteiger partial charge in [0, 0.05) is 19.8 Å². The van der Waals surface area contributed by atoms with E-state index in [1.165, 1.54) is 19.3 Å². The van der Waals surface area contributed by atoms with Gasteiger partial charge in [0.15, 0.2) is 0 Å². The molecule has 27 heavy (non-hydrogen) atoms. The molecule has 1 amide bonds. The Bertz CT molecular complexity index is 364. The lowest BCUT2D eigenvalue weighted by Crippen LogP contribution is -2.43. The largest absolute Gasteiger partial charge is 0.412 e. The van der Waals surface area contributed by atoms with E-state index in [1.54, 1.807) is 0 Å². The lowest BCUT2D eigenvalue weighted by molar-refractivity contribution is -0.125. The Morgan fingerprint density at radius 3 is 2.19 bits per heavy atom. The smallest absolute Gasteiger partial charge is 0.237 e. The molecule has 0 radical (unpaired) electrons. The summed E-state index contributed by atoms with van der Waals surface area (Å²) in [5.41, 5.74) is 0. The number of amides is 1. The number of nitrogens with one attached hydrogen (secondary N) is 1. The van der Waals surface area contributed by atoms with Crippen molar-refractivity contribution in [2.45, 2.75) is 97.3 Å². The molecule has 0 aromatic rings. The van der Waals surface area contributed by atoms with Crippen LogP contribution in [0.4, 0.5) is 0 Å². The normalized spacial score (nSPS) is 17.5. The van der Waals surface area contributed by atoms with Gasteiger partial charge in [-0.25, -0.2) is 0 Å². The maximum absolute atomic E-state index is 12.4. The molecular weight excluding hydrogens is 344 g/mol. The zero-order valence-corrected chi connectivity index (χ0v) is 18.1. The molecule has 0 aromatic carbocycles. The van der Waals surface area contributed by atoms with E-state index in [0.717, 1.165) is 65.0 Å². The van der Waals surface area contributed by atoms with Crippen molar-refractivity contribution in [3.8, 4) is 0 Å². The summed E-state index contributed by atoms with van der Waals surface area (Å²) in [4.78, 5) is 14.8. The van der Waals surface area contributed by atoms with Gasteiger partial charge in [0.05, 0.1) is 18.2 Å². The topological polar surface area (TPSA) is 82.3 Å². The molecule has 0 saturated carbocycles. The van der Waals surface area contributed by atoms with Crippen LogP contribution in [-0.4, -0.2) is 67.4 Å². The van der Waals surface area contributed by atoms with Gasteiger partial charge in [0.1, 0.15) is 0 Å². The lowest BCUT2D eigenvalue weighted by Gasteiger charge is -2.23. The molecule has 0 spiro atoms. The van der Waals surface area contributed by atoms with E-state index in [4.69, 9.17) is 9.47 Å². The van der Waals surface area contributed by atoms with Crippen LogP contribution in [0, 0.1) is 0 Å². The molecule has 1 aliphatic rings. The molecule has 0 aromatic heterocycles. The van der Waals surface area contributed by atoms with Gasteiger partial charge in [-0.3, -0.25) is 9.69 Å². The predicted molar refractivity (Wildman–Crippen MR) is 111 cm³/mol. The van der Waals surface area contributed by atoms with Crippen molar-refractivity contribution in [3.63, 3.8) is 0 Å². The Kier molecular flexibility index (Phi) is 15.9. The number of ether oxygens (including phenoxy) is 2. The first-order chi connectivity index (χ1) is 12.5. The molecule has 6 heteroatoms. The third-order valence-corrected chi connectivity index (χ3v) is 4.78. The van der Waals surface area contributed by atoms with Crippen molar-refractivity contribution >= 4 is 5.91 Å². The van der Waals surface area contributed by atoms with E-state index < -0.39 is 0 Å². The van der Waals surface area contributed by atoms with Crippen molar-refractivity contribution in [1.29, 1.82) is 0 Å². The Hall–Kier alpha value is -0.690. The fraction of sp³-hybridized carbons (Fsp3) is 0.952. The van der Waals surface area contributed by atoms with Crippen LogP contribution in [0.1, 0.15) is 79.1 Å². The molecule has 1 fully saturated rings. The third kappa shape index (κ3) is 13.2. The van der Waals surface area contributed by atoms with Crippen molar-refractivity contribution < 1.29 is 19.7 Å². The number of hydrogen-bond acceptors (Lipinski definition) is 4. The first kappa shape index (κ1) is 26.3. The minimum atomic E-state index is 0. The number of unbranched alkanes of at least 4 members (excludes halogenated alkanes) is 4. The maximum Gasteiger partial charge on any atom is 0.237 e. The van der Waals surface area contributed by atoms with Crippen molar-refractivity contribution in [1.82, 2.24) is 10.2 Å². The number of carbonyl (C=O) groups excluding carboxylic acids is 1. The minimum Gasteiger partial charge on any atom is -0.412 e. The number of likely N-dealkylation sites (tertiary alicyclic amines) is 1. The van der Waals surface area contributed by atoms with Crippen LogP contribution in [-0.2, 0) is 14.3 Å². The maximum atomic E-state index is 12.4. The highest BCUT2D eigenvalue weighted by Crippen LogP contribution is 2.18. The highest BCUT2D eigenvalue weighted by atomic mass is 16.5. The molecule has 0 aliphatic carbocycles. The zero-order chi connectivity index (χ0) is 19.2. The van der Waals surface area contributed by atoms with Gasteiger partial charge in [-0.1, -0.05) is 12.8 Å². The molecule has 162 valence electrons. The van der Waals surface area contributed by atoms with Gasteiger partial charge < -0.3 is 20.3 Å². The van der Waals surface area contributed by atoms with Crippen LogP contribution >= 0.6 is 0 Å². The summed E-state index contributed by atoms with van der Waals surface area (Å²) < 4.78 is 11.1. The van der Waals surface area contributed by atoms with Gasteiger partial charge in [-0.15, -0.1) is 0 Å². The van der Waals surface area contributed by atoms with Crippen molar-refractivity contribution in [2.24, 2.45) is 0 Å². The number of rotatable bonds is 15. The molecule has 1 rings (SSSR count). The number of hydrogen-bond donors (Lipinski definition) is 1. The summed E-state index contributed by atoms with van der Waals surface area (Å²) in [7, 11) is 0. The van der Waals surface area contributed by atoms with Gasteiger partial charge in [-0.2, -0.15) is 0 Å². The highest BCUT2D eigenvalue weighted by molar-refractivity contribution is 5.81. The van der Waals surface area contributed by atoms with Crippen molar-refractivity contribution in [3.05, 3.63) is 0 Å². The predicted octanol–water partition coefficient (Wildman–Crippen LogP) is 2.93. The number of nitrogens with zero attached hydrogens (tertiary/aromatic N) is 1. The molecule has 1 saturated heterocycles. The first-order valence-electron chi connectivity index (χ1n) is 10.8. The summed E-state index contributed by atoms with van der Waals surface area (Å²) in [6, 6.07) is 0.0891. The summed E-state index contributed by atoms with van der Waals surface area (Å²) in [6.45, 7) is 12.8. The molecule has 1 heterocycles. The van der Waals surface area contributed by atoms with E-state index in [0.29, 0.717) is 12.2 Å². The highest BCUT2D eigenvalue weighted by Gasteiger charge is 2.29. The SMILES string of the molecule is CC(C)OCCCCCCN1CCCC1C(=O)NCCCCOC(C)C.O. The van der Waals surface area contributed by atoms with Crippen LogP contribution in [0.5, 0.6) is 0 Å². The average Bonchev–Trinajstić information content (AvgIpc) is 3.05. The zero-order valence-electron chi connectivity index (χ0n) is 18.1. The van der Waals surface area contributed by atoms with E-state index in [2.05, 4.69) is 37.9 Å². The van der Waals surface area contributed by atoms with Gasteiger partial charge in [0.25, 0.3) is 0 Å². The summed E-state index contributed by atoms with van der Waals surface area (Å²) in [5, 5.41) is 3.12. The summed E-state index contributed by atoms with van der Waals surface area (Å²) >= 11 is 0. The van der Waals surface area contributed by atoms with Gasteiger partial charge in [0.2, 0.25) is 5.91 Å². The number of carbonyl (C=O) groups is 1.